The highest BCUT2D eigenvalue weighted by Gasteiger charge is 2.08. The first-order chi connectivity index (χ1) is 11.3. The van der Waals surface area contributed by atoms with Crippen LogP contribution >= 0.6 is 24.0 Å². The zero-order chi connectivity index (χ0) is 16.5. The number of para-hydroxylation sites is 1. The third kappa shape index (κ3) is 5.67. The lowest BCUT2D eigenvalue weighted by atomic mass is 10.2. The number of aromatic nitrogens is 2. The van der Waals surface area contributed by atoms with Crippen LogP contribution in [-0.2, 0) is 6.54 Å². The van der Waals surface area contributed by atoms with E-state index < -0.39 is 0 Å². The Balaban J connectivity index is 0.00000288. The molecule has 0 saturated carbocycles. The van der Waals surface area contributed by atoms with Crippen LogP contribution in [0.4, 0.5) is 0 Å². The van der Waals surface area contributed by atoms with E-state index >= 15 is 0 Å². The van der Waals surface area contributed by atoms with Crippen molar-refractivity contribution in [3.05, 3.63) is 60.9 Å². The quantitative estimate of drug-likeness (QED) is 0.236. The molecule has 0 bridgehead atoms. The van der Waals surface area contributed by atoms with Gasteiger partial charge >= 0.3 is 0 Å². The average molecular weight is 439 g/mol. The Morgan fingerprint density at radius 3 is 2.83 bits per heavy atom. The van der Waals surface area contributed by atoms with Crippen molar-refractivity contribution >= 4 is 29.9 Å². The minimum Gasteiger partial charge on any atom is -0.352 e. The van der Waals surface area contributed by atoms with E-state index in [-0.39, 0.29) is 24.0 Å². The molecule has 130 valence electrons. The van der Waals surface area contributed by atoms with Crippen LogP contribution < -0.4 is 5.32 Å². The fraction of sp³-hybridized carbons (Fsp3) is 0.333. The Hall–Kier alpha value is -1.83. The molecular weight excluding hydrogens is 413 g/mol. The highest BCUT2D eigenvalue weighted by Crippen LogP contribution is 2.13. The molecule has 1 aromatic heterocycles. The number of nitrogens with one attached hydrogen (secondary N) is 1. The van der Waals surface area contributed by atoms with Gasteiger partial charge in [-0.1, -0.05) is 24.3 Å². The fourth-order valence-corrected chi connectivity index (χ4v) is 2.43. The number of nitrogens with zero attached hydrogens (tertiary/aromatic N) is 4. The van der Waals surface area contributed by atoms with E-state index in [9.17, 15) is 0 Å². The number of guanidine groups is 1. The zero-order valence-corrected chi connectivity index (χ0v) is 16.7. The van der Waals surface area contributed by atoms with Gasteiger partial charge in [0.05, 0.1) is 5.69 Å². The zero-order valence-electron chi connectivity index (χ0n) is 14.4. The minimum absolute atomic E-state index is 0. The topological polar surface area (TPSA) is 45.5 Å². The molecular formula is C18H26IN5. The van der Waals surface area contributed by atoms with Crippen LogP contribution in [0.1, 0.15) is 18.4 Å². The number of benzene rings is 1. The molecule has 0 atom stereocenters. The lowest BCUT2D eigenvalue weighted by molar-refractivity contribution is 0.469. The van der Waals surface area contributed by atoms with Gasteiger partial charge in [-0.2, -0.15) is 5.10 Å². The molecule has 0 aliphatic carbocycles. The largest absolute Gasteiger partial charge is 0.352 e. The van der Waals surface area contributed by atoms with Crippen molar-refractivity contribution in [2.45, 2.75) is 19.4 Å². The smallest absolute Gasteiger partial charge is 0.193 e. The number of hydrogen-bond acceptors (Lipinski definition) is 2. The van der Waals surface area contributed by atoms with Gasteiger partial charge < -0.3 is 10.2 Å². The second kappa shape index (κ2) is 10.9. The Morgan fingerprint density at radius 2 is 2.17 bits per heavy atom. The summed E-state index contributed by atoms with van der Waals surface area (Å²) in [4.78, 5) is 6.50. The van der Waals surface area contributed by atoms with Gasteiger partial charge in [-0.25, -0.2) is 4.68 Å². The third-order valence-corrected chi connectivity index (χ3v) is 3.65. The standard InChI is InChI=1S/C18H25N5.HI/c1-4-5-8-13-22(3)18(19-2)20-15-16-10-6-7-11-17(16)23-14-9-12-21-23;/h4,6-7,9-12,14H,1,5,8,13,15H2,2-3H3,(H,19,20);1H. The third-order valence-electron chi connectivity index (χ3n) is 3.65. The summed E-state index contributed by atoms with van der Waals surface area (Å²) in [6, 6.07) is 10.2. The molecule has 0 saturated heterocycles. The van der Waals surface area contributed by atoms with Crippen molar-refractivity contribution in [3.63, 3.8) is 0 Å². The van der Waals surface area contributed by atoms with Crippen molar-refractivity contribution in [3.8, 4) is 5.69 Å². The number of rotatable bonds is 7. The van der Waals surface area contributed by atoms with E-state index in [1.54, 1.807) is 6.20 Å². The van der Waals surface area contributed by atoms with Crippen molar-refractivity contribution in [1.82, 2.24) is 20.0 Å². The molecule has 6 heteroatoms. The highest BCUT2D eigenvalue weighted by atomic mass is 127. The first kappa shape index (κ1) is 20.2. The molecule has 0 amide bonds. The summed E-state index contributed by atoms with van der Waals surface area (Å²) in [5.74, 6) is 0.893. The van der Waals surface area contributed by atoms with Gasteiger partial charge in [-0.3, -0.25) is 4.99 Å². The van der Waals surface area contributed by atoms with Crippen LogP contribution in [-0.4, -0.2) is 41.3 Å². The van der Waals surface area contributed by atoms with Crippen molar-refractivity contribution in [2.24, 2.45) is 4.99 Å². The van der Waals surface area contributed by atoms with Gasteiger partial charge in [0.2, 0.25) is 0 Å². The highest BCUT2D eigenvalue weighted by molar-refractivity contribution is 14.0. The van der Waals surface area contributed by atoms with Crippen LogP contribution in [0, 0.1) is 0 Å². The summed E-state index contributed by atoms with van der Waals surface area (Å²) in [6.07, 6.45) is 7.78. The summed E-state index contributed by atoms with van der Waals surface area (Å²) < 4.78 is 1.88. The summed E-state index contributed by atoms with van der Waals surface area (Å²) in [5, 5.41) is 7.74. The number of unbranched alkanes of at least 4 members (excludes halogenated alkanes) is 1. The van der Waals surface area contributed by atoms with E-state index in [0.29, 0.717) is 6.54 Å². The van der Waals surface area contributed by atoms with E-state index in [1.165, 1.54) is 5.56 Å². The van der Waals surface area contributed by atoms with Gasteiger partial charge in [-0.05, 0) is 30.5 Å². The maximum atomic E-state index is 4.36. The molecule has 0 aliphatic heterocycles. The van der Waals surface area contributed by atoms with E-state index in [4.69, 9.17) is 0 Å². The lowest BCUT2D eigenvalue weighted by Gasteiger charge is -2.22. The lowest BCUT2D eigenvalue weighted by Crippen LogP contribution is -2.39. The van der Waals surface area contributed by atoms with Gasteiger partial charge in [0.25, 0.3) is 0 Å². The molecule has 0 aliphatic rings. The Labute approximate surface area is 161 Å². The monoisotopic (exact) mass is 439 g/mol. The minimum atomic E-state index is 0. The van der Waals surface area contributed by atoms with Crippen molar-refractivity contribution < 1.29 is 0 Å². The molecule has 2 aromatic rings. The molecule has 1 heterocycles. The Kier molecular flexibility index (Phi) is 9.14. The Morgan fingerprint density at radius 1 is 1.38 bits per heavy atom. The average Bonchev–Trinajstić information content (AvgIpc) is 3.10. The van der Waals surface area contributed by atoms with Crippen LogP contribution in [0.2, 0.25) is 0 Å². The van der Waals surface area contributed by atoms with Gasteiger partial charge in [0.1, 0.15) is 0 Å². The van der Waals surface area contributed by atoms with Crippen LogP contribution in [0.5, 0.6) is 0 Å². The summed E-state index contributed by atoms with van der Waals surface area (Å²) in [5.41, 5.74) is 2.26. The summed E-state index contributed by atoms with van der Waals surface area (Å²) in [7, 11) is 3.86. The number of hydrogen-bond donors (Lipinski definition) is 1. The SMILES string of the molecule is C=CCCCN(C)C(=NC)NCc1ccccc1-n1cccn1.I. The van der Waals surface area contributed by atoms with Crippen LogP contribution in [0.15, 0.2) is 60.4 Å². The van der Waals surface area contributed by atoms with Crippen LogP contribution in [0.25, 0.3) is 5.69 Å². The van der Waals surface area contributed by atoms with Crippen molar-refractivity contribution in [2.75, 3.05) is 20.6 Å². The summed E-state index contributed by atoms with van der Waals surface area (Å²) >= 11 is 0. The van der Waals surface area contributed by atoms with Gasteiger partial charge in [-0.15, -0.1) is 30.6 Å². The molecule has 24 heavy (non-hydrogen) atoms. The summed E-state index contributed by atoms with van der Waals surface area (Å²) in [6.45, 7) is 5.41. The molecule has 1 N–H and O–H groups in total. The molecule has 0 fully saturated rings. The van der Waals surface area contributed by atoms with Crippen LogP contribution in [0.3, 0.4) is 0 Å². The molecule has 5 nitrogen and oxygen atoms in total. The van der Waals surface area contributed by atoms with E-state index in [0.717, 1.165) is 31.0 Å². The predicted molar refractivity (Wildman–Crippen MR) is 111 cm³/mol. The maximum absolute atomic E-state index is 4.36. The Bertz CT molecular complexity index is 637. The number of aliphatic imine (C=N–C) groups is 1. The van der Waals surface area contributed by atoms with E-state index in [2.05, 4.69) is 46.1 Å². The molecule has 2 rings (SSSR count). The molecule has 1 aromatic carbocycles. The predicted octanol–water partition coefficient (Wildman–Crippen LogP) is 3.46. The van der Waals surface area contributed by atoms with Gasteiger partial charge in [0.15, 0.2) is 5.96 Å². The maximum Gasteiger partial charge on any atom is 0.193 e. The normalized spacial score (nSPS) is 10.8. The second-order valence-corrected chi connectivity index (χ2v) is 5.33. The van der Waals surface area contributed by atoms with Crippen molar-refractivity contribution in [1.29, 1.82) is 0 Å². The number of allylic oxidation sites excluding steroid dienone is 1. The molecule has 0 spiro atoms. The second-order valence-electron chi connectivity index (χ2n) is 5.33. The molecule has 0 radical (unpaired) electrons. The first-order valence-electron chi connectivity index (χ1n) is 7.87. The fourth-order valence-electron chi connectivity index (χ4n) is 2.43. The van der Waals surface area contributed by atoms with E-state index in [1.807, 2.05) is 42.2 Å². The molecule has 0 unspecified atom stereocenters. The first-order valence-corrected chi connectivity index (χ1v) is 7.87. The van der Waals surface area contributed by atoms with Gasteiger partial charge in [0, 0.05) is 39.6 Å². The number of halogens is 1.